The minimum absolute atomic E-state index is 0.422. The molecule has 0 aliphatic heterocycles. The van der Waals surface area contributed by atoms with E-state index in [1.165, 1.54) is 5.52 Å². The summed E-state index contributed by atoms with van der Waals surface area (Å²) in [5.41, 5.74) is 4.29. The molecule has 0 saturated heterocycles. The molecular weight excluding hydrogens is 256 g/mol. The van der Waals surface area contributed by atoms with E-state index >= 15 is 0 Å². The van der Waals surface area contributed by atoms with Crippen LogP contribution in [0.5, 0.6) is 0 Å². The molecule has 0 unspecified atom stereocenters. The van der Waals surface area contributed by atoms with Gasteiger partial charge in [0.15, 0.2) is 5.13 Å². The average molecular weight is 272 g/mol. The summed E-state index contributed by atoms with van der Waals surface area (Å²) in [6.07, 6.45) is 1.90. The Labute approximate surface area is 116 Å². The van der Waals surface area contributed by atoms with Crippen molar-refractivity contribution in [2.45, 2.75) is 19.9 Å². The number of imidazole rings is 1. The lowest BCUT2D eigenvalue weighted by atomic mass is 10.1. The Balaban J connectivity index is 2.07. The molecule has 98 valence electrons. The summed E-state index contributed by atoms with van der Waals surface area (Å²) in [7, 11) is 1.89. The average Bonchev–Trinajstić information content (AvgIpc) is 3.04. The zero-order chi connectivity index (χ0) is 13.4. The van der Waals surface area contributed by atoms with Gasteiger partial charge in [-0.25, -0.2) is 9.97 Å². The van der Waals surface area contributed by atoms with Crippen molar-refractivity contribution >= 4 is 27.5 Å². The number of aromatic nitrogens is 3. The molecule has 0 saturated carbocycles. The Bertz CT molecular complexity index is 711. The molecule has 3 aromatic rings. The summed E-state index contributed by atoms with van der Waals surface area (Å²) in [4.78, 5) is 9.00. The van der Waals surface area contributed by atoms with Crippen LogP contribution in [0.2, 0.25) is 0 Å². The molecule has 0 aliphatic carbocycles. The van der Waals surface area contributed by atoms with E-state index in [9.17, 15) is 0 Å². The first-order valence-corrected chi connectivity index (χ1v) is 7.17. The number of nitrogens with zero attached hydrogens (tertiary/aromatic N) is 3. The number of nitrogens with one attached hydrogen (secondary N) is 1. The van der Waals surface area contributed by atoms with Gasteiger partial charge >= 0.3 is 0 Å². The summed E-state index contributed by atoms with van der Waals surface area (Å²) < 4.78 is 2.18. The van der Waals surface area contributed by atoms with Gasteiger partial charge in [0.2, 0.25) is 0 Å². The second-order valence-corrected chi connectivity index (χ2v) is 5.60. The third-order valence-corrected chi connectivity index (χ3v) is 4.00. The zero-order valence-corrected chi connectivity index (χ0v) is 12.0. The van der Waals surface area contributed by atoms with E-state index in [-0.39, 0.29) is 0 Å². The Morgan fingerprint density at radius 1 is 1.32 bits per heavy atom. The number of benzene rings is 1. The Kier molecular flexibility index (Phi) is 2.98. The van der Waals surface area contributed by atoms with Crippen LogP contribution >= 0.6 is 11.3 Å². The highest BCUT2D eigenvalue weighted by Crippen LogP contribution is 2.27. The molecule has 2 heterocycles. The van der Waals surface area contributed by atoms with Crippen molar-refractivity contribution in [1.82, 2.24) is 14.5 Å². The van der Waals surface area contributed by atoms with Gasteiger partial charge in [-0.05, 0) is 26.0 Å². The number of thiazole rings is 1. The van der Waals surface area contributed by atoms with Gasteiger partial charge in [-0.1, -0.05) is 6.07 Å². The van der Waals surface area contributed by atoms with E-state index in [1.54, 1.807) is 11.3 Å². The standard InChI is InChI=1S/C14H16N4S/c1-9(2)18-8-16-11-6-10(4-5-13(11)18)12-7-19-14(15-3)17-12/h4-9H,1-3H3,(H,15,17). The van der Waals surface area contributed by atoms with Gasteiger partial charge in [0, 0.05) is 24.0 Å². The van der Waals surface area contributed by atoms with Crippen molar-refractivity contribution in [1.29, 1.82) is 0 Å². The molecular formula is C14H16N4S. The van der Waals surface area contributed by atoms with Crippen LogP contribution < -0.4 is 5.32 Å². The molecule has 0 aliphatic rings. The molecule has 0 radical (unpaired) electrons. The normalized spacial score (nSPS) is 11.4. The third kappa shape index (κ3) is 2.10. The summed E-state index contributed by atoms with van der Waals surface area (Å²) >= 11 is 1.61. The molecule has 0 atom stereocenters. The molecule has 0 bridgehead atoms. The first kappa shape index (κ1) is 12.2. The maximum atomic E-state index is 4.52. The van der Waals surface area contributed by atoms with Gasteiger partial charge in [-0.15, -0.1) is 11.3 Å². The third-order valence-electron chi connectivity index (χ3n) is 3.14. The monoisotopic (exact) mass is 272 g/mol. The van der Waals surface area contributed by atoms with E-state index in [4.69, 9.17) is 0 Å². The summed E-state index contributed by atoms with van der Waals surface area (Å²) in [5, 5.41) is 6.06. The molecule has 19 heavy (non-hydrogen) atoms. The Hall–Kier alpha value is -1.88. The maximum Gasteiger partial charge on any atom is 0.182 e. The fourth-order valence-corrected chi connectivity index (χ4v) is 2.80. The molecule has 5 heteroatoms. The largest absolute Gasteiger partial charge is 0.365 e. The van der Waals surface area contributed by atoms with E-state index < -0.39 is 0 Å². The lowest BCUT2D eigenvalue weighted by Crippen LogP contribution is -1.97. The van der Waals surface area contributed by atoms with Crippen molar-refractivity contribution < 1.29 is 0 Å². The molecule has 0 amide bonds. The lowest BCUT2D eigenvalue weighted by Gasteiger charge is -2.07. The molecule has 3 rings (SSSR count). The molecule has 0 spiro atoms. The molecule has 1 N–H and O–H groups in total. The highest BCUT2D eigenvalue weighted by Gasteiger charge is 2.09. The van der Waals surface area contributed by atoms with Crippen LogP contribution in [0.25, 0.3) is 22.3 Å². The van der Waals surface area contributed by atoms with Crippen molar-refractivity contribution in [2.75, 3.05) is 12.4 Å². The van der Waals surface area contributed by atoms with Crippen LogP contribution in [-0.2, 0) is 0 Å². The minimum Gasteiger partial charge on any atom is -0.365 e. The first-order valence-electron chi connectivity index (χ1n) is 6.29. The maximum absolute atomic E-state index is 4.52. The van der Waals surface area contributed by atoms with Gasteiger partial charge in [-0.2, -0.15) is 0 Å². The van der Waals surface area contributed by atoms with E-state index in [2.05, 4.69) is 57.3 Å². The van der Waals surface area contributed by atoms with Crippen LogP contribution in [0.1, 0.15) is 19.9 Å². The zero-order valence-electron chi connectivity index (χ0n) is 11.2. The fraction of sp³-hybridized carbons (Fsp3) is 0.286. The van der Waals surface area contributed by atoms with Crippen LogP contribution in [-0.4, -0.2) is 21.6 Å². The second kappa shape index (κ2) is 4.66. The van der Waals surface area contributed by atoms with Gasteiger partial charge in [0.05, 0.1) is 23.1 Å². The molecule has 1 aromatic carbocycles. The van der Waals surface area contributed by atoms with Gasteiger partial charge in [0.1, 0.15) is 0 Å². The minimum atomic E-state index is 0.422. The smallest absolute Gasteiger partial charge is 0.182 e. The highest BCUT2D eigenvalue weighted by molar-refractivity contribution is 7.14. The van der Waals surface area contributed by atoms with E-state index in [1.807, 2.05) is 13.4 Å². The summed E-state index contributed by atoms with van der Waals surface area (Å²) in [6, 6.07) is 6.75. The molecule has 4 nitrogen and oxygen atoms in total. The fourth-order valence-electron chi connectivity index (χ4n) is 2.12. The van der Waals surface area contributed by atoms with Crippen LogP contribution in [0.15, 0.2) is 29.9 Å². The second-order valence-electron chi connectivity index (χ2n) is 4.74. The number of hydrogen-bond donors (Lipinski definition) is 1. The number of anilines is 1. The first-order chi connectivity index (χ1) is 9.19. The predicted molar refractivity (Wildman–Crippen MR) is 80.8 cm³/mol. The van der Waals surface area contributed by atoms with Crippen molar-refractivity contribution in [2.24, 2.45) is 0 Å². The van der Waals surface area contributed by atoms with Crippen molar-refractivity contribution in [3.63, 3.8) is 0 Å². The Morgan fingerprint density at radius 3 is 2.84 bits per heavy atom. The van der Waals surface area contributed by atoms with Gasteiger partial charge in [0.25, 0.3) is 0 Å². The van der Waals surface area contributed by atoms with Gasteiger partial charge in [-0.3, -0.25) is 0 Å². The molecule has 2 aromatic heterocycles. The van der Waals surface area contributed by atoms with Crippen LogP contribution in [0.4, 0.5) is 5.13 Å². The van der Waals surface area contributed by atoms with E-state index in [0.29, 0.717) is 6.04 Å². The highest BCUT2D eigenvalue weighted by atomic mass is 32.1. The number of hydrogen-bond acceptors (Lipinski definition) is 4. The topological polar surface area (TPSA) is 42.7 Å². The lowest BCUT2D eigenvalue weighted by molar-refractivity contribution is 0.617. The number of fused-ring (bicyclic) bond motifs is 1. The summed E-state index contributed by atoms with van der Waals surface area (Å²) in [5.74, 6) is 0. The van der Waals surface area contributed by atoms with Gasteiger partial charge < -0.3 is 9.88 Å². The number of rotatable bonds is 3. The van der Waals surface area contributed by atoms with Crippen molar-refractivity contribution in [3.8, 4) is 11.3 Å². The Morgan fingerprint density at radius 2 is 2.16 bits per heavy atom. The van der Waals surface area contributed by atoms with Crippen molar-refractivity contribution in [3.05, 3.63) is 29.9 Å². The predicted octanol–water partition coefficient (Wildman–Crippen LogP) is 3.78. The van der Waals surface area contributed by atoms with E-state index in [0.717, 1.165) is 21.9 Å². The molecule has 0 fully saturated rings. The van der Waals surface area contributed by atoms with Crippen LogP contribution in [0, 0.1) is 0 Å². The quantitative estimate of drug-likeness (QED) is 0.789. The SMILES string of the molecule is CNc1nc(-c2ccc3c(c2)ncn3C(C)C)cs1. The van der Waals surface area contributed by atoms with Crippen LogP contribution in [0.3, 0.4) is 0 Å². The summed E-state index contributed by atoms with van der Waals surface area (Å²) in [6.45, 7) is 4.32.